The van der Waals surface area contributed by atoms with Crippen molar-refractivity contribution in [2.24, 2.45) is 0 Å². The van der Waals surface area contributed by atoms with Gasteiger partial charge in [0.2, 0.25) is 0 Å². The molecule has 0 radical (unpaired) electrons. The fraction of sp³-hybridized carbons (Fsp3) is 0.222. The molecule has 1 aromatic rings. The standard InChI is InChI=1S/C9H8BrClOS/c1-5(12)8(11)6-3-2-4-7(10)9(6)13/h2-4,8,13H,1H3. The minimum Gasteiger partial charge on any atom is -0.298 e. The summed E-state index contributed by atoms with van der Waals surface area (Å²) in [5, 5.41) is -0.606. The van der Waals surface area contributed by atoms with Crippen molar-refractivity contribution in [2.45, 2.75) is 17.2 Å². The molecule has 0 fully saturated rings. The van der Waals surface area contributed by atoms with Crippen LogP contribution >= 0.6 is 40.2 Å². The number of carbonyl (C=O) groups is 1. The summed E-state index contributed by atoms with van der Waals surface area (Å²) in [6, 6.07) is 5.49. The summed E-state index contributed by atoms with van der Waals surface area (Å²) in [6.45, 7) is 1.46. The van der Waals surface area contributed by atoms with Crippen LogP contribution in [0.4, 0.5) is 0 Å². The molecule has 0 aromatic heterocycles. The van der Waals surface area contributed by atoms with E-state index in [4.69, 9.17) is 11.6 Å². The minimum atomic E-state index is -0.606. The van der Waals surface area contributed by atoms with Crippen LogP contribution in [0.5, 0.6) is 0 Å². The van der Waals surface area contributed by atoms with Gasteiger partial charge < -0.3 is 0 Å². The lowest BCUT2D eigenvalue weighted by molar-refractivity contribution is -0.116. The van der Waals surface area contributed by atoms with Crippen LogP contribution in [0.3, 0.4) is 0 Å². The molecule has 0 saturated heterocycles. The third kappa shape index (κ3) is 2.48. The van der Waals surface area contributed by atoms with E-state index in [1.165, 1.54) is 6.92 Å². The Hall–Kier alpha value is 0.01000. The third-order valence-corrected chi connectivity index (χ3v) is 3.66. The number of benzene rings is 1. The van der Waals surface area contributed by atoms with Gasteiger partial charge in [-0.3, -0.25) is 4.79 Å². The Morgan fingerprint density at radius 1 is 1.62 bits per heavy atom. The molecule has 70 valence electrons. The molecular formula is C9H8BrClOS. The molecule has 4 heteroatoms. The van der Waals surface area contributed by atoms with Gasteiger partial charge in [-0.15, -0.1) is 24.2 Å². The van der Waals surface area contributed by atoms with Crippen LogP contribution in [0, 0.1) is 0 Å². The highest BCUT2D eigenvalue weighted by Crippen LogP contribution is 2.32. The van der Waals surface area contributed by atoms with Gasteiger partial charge in [-0.05, 0) is 34.5 Å². The quantitative estimate of drug-likeness (QED) is 0.646. The van der Waals surface area contributed by atoms with Crippen LogP contribution in [0.2, 0.25) is 0 Å². The zero-order valence-corrected chi connectivity index (χ0v) is 10.2. The lowest BCUT2D eigenvalue weighted by Gasteiger charge is -2.09. The maximum absolute atomic E-state index is 11.0. The summed E-state index contributed by atoms with van der Waals surface area (Å²) in [7, 11) is 0. The lowest BCUT2D eigenvalue weighted by atomic mass is 10.1. The van der Waals surface area contributed by atoms with Crippen molar-refractivity contribution < 1.29 is 4.79 Å². The van der Waals surface area contributed by atoms with Crippen LogP contribution < -0.4 is 0 Å². The number of halogens is 2. The number of thiol groups is 1. The van der Waals surface area contributed by atoms with Crippen molar-refractivity contribution >= 4 is 45.9 Å². The molecule has 0 aliphatic carbocycles. The number of Topliss-reactive ketones (excluding diaryl/α,β-unsaturated/α-hetero) is 1. The van der Waals surface area contributed by atoms with E-state index in [0.29, 0.717) is 0 Å². The van der Waals surface area contributed by atoms with Crippen LogP contribution in [0.1, 0.15) is 17.9 Å². The van der Waals surface area contributed by atoms with E-state index in [1.54, 1.807) is 6.07 Å². The molecule has 1 rings (SSSR count). The molecule has 0 aliphatic rings. The summed E-state index contributed by atoms with van der Waals surface area (Å²) in [5.41, 5.74) is 0.742. The number of hydrogen-bond donors (Lipinski definition) is 1. The Kier molecular flexibility index (Phi) is 3.83. The smallest absolute Gasteiger partial charge is 0.152 e. The molecule has 0 heterocycles. The first-order valence-electron chi connectivity index (χ1n) is 3.66. The van der Waals surface area contributed by atoms with Gasteiger partial charge in [0.15, 0.2) is 5.78 Å². The predicted octanol–water partition coefficient (Wildman–Crippen LogP) is 3.61. The van der Waals surface area contributed by atoms with E-state index in [2.05, 4.69) is 28.6 Å². The summed E-state index contributed by atoms with van der Waals surface area (Å²) in [6.07, 6.45) is 0. The Morgan fingerprint density at radius 2 is 2.23 bits per heavy atom. The van der Waals surface area contributed by atoms with Crippen LogP contribution in [0.25, 0.3) is 0 Å². The second kappa shape index (κ2) is 4.49. The van der Waals surface area contributed by atoms with Gasteiger partial charge in [0.1, 0.15) is 5.38 Å². The van der Waals surface area contributed by atoms with Crippen molar-refractivity contribution in [2.75, 3.05) is 0 Å². The topological polar surface area (TPSA) is 17.1 Å². The SMILES string of the molecule is CC(=O)C(Cl)c1cccc(Br)c1S. The van der Waals surface area contributed by atoms with Gasteiger partial charge in [0, 0.05) is 9.37 Å². The summed E-state index contributed by atoms with van der Waals surface area (Å²) >= 11 is 13.5. The van der Waals surface area contributed by atoms with Gasteiger partial charge in [-0.1, -0.05) is 12.1 Å². The first kappa shape index (κ1) is 11.1. The molecule has 13 heavy (non-hydrogen) atoms. The Balaban J connectivity index is 3.15. The van der Waals surface area contributed by atoms with E-state index >= 15 is 0 Å². The zero-order valence-electron chi connectivity index (χ0n) is 6.92. The second-order valence-corrected chi connectivity index (χ2v) is 4.39. The van der Waals surface area contributed by atoms with Crippen molar-refractivity contribution in [1.29, 1.82) is 0 Å². The lowest BCUT2D eigenvalue weighted by Crippen LogP contribution is -2.02. The molecule has 1 nitrogen and oxygen atoms in total. The van der Waals surface area contributed by atoms with Gasteiger partial charge in [0.25, 0.3) is 0 Å². The van der Waals surface area contributed by atoms with Gasteiger partial charge in [-0.25, -0.2) is 0 Å². The molecule has 0 spiro atoms. The highest BCUT2D eigenvalue weighted by molar-refractivity contribution is 9.10. The zero-order chi connectivity index (χ0) is 10.0. The molecule has 0 saturated carbocycles. The third-order valence-electron chi connectivity index (χ3n) is 1.65. The van der Waals surface area contributed by atoms with E-state index in [1.807, 2.05) is 12.1 Å². The summed E-state index contributed by atoms with van der Waals surface area (Å²) < 4.78 is 0.847. The largest absolute Gasteiger partial charge is 0.298 e. The fourth-order valence-corrected chi connectivity index (χ4v) is 1.87. The molecule has 1 atom stereocenters. The average Bonchev–Trinajstić information content (AvgIpc) is 2.08. The Bertz CT molecular complexity index is 340. The van der Waals surface area contributed by atoms with Gasteiger partial charge >= 0.3 is 0 Å². The van der Waals surface area contributed by atoms with Crippen molar-refractivity contribution in [3.8, 4) is 0 Å². The number of ketones is 1. The van der Waals surface area contributed by atoms with E-state index in [-0.39, 0.29) is 5.78 Å². The monoisotopic (exact) mass is 278 g/mol. The van der Waals surface area contributed by atoms with Gasteiger partial charge in [-0.2, -0.15) is 0 Å². The fourth-order valence-electron chi connectivity index (χ4n) is 0.956. The van der Waals surface area contributed by atoms with Crippen molar-refractivity contribution in [1.82, 2.24) is 0 Å². The molecule has 0 N–H and O–H groups in total. The highest BCUT2D eigenvalue weighted by atomic mass is 79.9. The first-order valence-corrected chi connectivity index (χ1v) is 5.33. The van der Waals surface area contributed by atoms with Crippen molar-refractivity contribution in [3.63, 3.8) is 0 Å². The summed E-state index contributed by atoms with van der Waals surface area (Å²) in [5.74, 6) is -0.0740. The van der Waals surface area contributed by atoms with Crippen LogP contribution in [-0.2, 0) is 4.79 Å². The van der Waals surface area contributed by atoms with E-state index < -0.39 is 5.38 Å². The molecule has 1 aromatic carbocycles. The number of hydrogen-bond acceptors (Lipinski definition) is 2. The summed E-state index contributed by atoms with van der Waals surface area (Å²) in [4.78, 5) is 11.7. The maximum Gasteiger partial charge on any atom is 0.152 e. The van der Waals surface area contributed by atoms with E-state index in [9.17, 15) is 4.79 Å². The number of rotatable bonds is 2. The van der Waals surface area contributed by atoms with Crippen LogP contribution in [0.15, 0.2) is 27.6 Å². The number of carbonyl (C=O) groups excluding carboxylic acids is 1. The Labute approximate surface area is 96.0 Å². The molecule has 0 bridgehead atoms. The number of alkyl halides is 1. The van der Waals surface area contributed by atoms with Crippen molar-refractivity contribution in [3.05, 3.63) is 28.2 Å². The maximum atomic E-state index is 11.0. The highest BCUT2D eigenvalue weighted by Gasteiger charge is 2.16. The Morgan fingerprint density at radius 3 is 2.77 bits per heavy atom. The molecule has 1 unspecified atom stereocenters. The molecule has 0 aliphatic heterocycles. The second-order valence-electron chi connectivity index (χ2n) is 2.65. The first-order chi connectivity index (χ1) is 6.04. The molecule has 0 amide bonds. The minimum absolute atomic E-state index is 0.0740. The average molecular weight is 280 g/mol. The van der Waals surface area contributed by atoms with Crippen LogP contribution in [-0.4, -0.2) is 5.78 Å². The van der Waals surface area contributed by atoms with Gasteiger partial charge in [0.05, 0.1) is 0 Å². The predicted molar refractivity (Wildman–Crippen MR) is 60.7 cm³/mol. The van der Waals surface area contributed by atoms with E-state index in [0.717, 1.165) is 14.9 Å². The normalized spacial score (nSPS) is 12.6. The molecular weight excluding hydrogens is 272 g/mol.